The van der Waals surface area contributed by atoms with Gasteiger partial charge in [-0.1, -0.05) is 0 Å². The van der Waals surface area contributed by atoms with Crippen molar-refractivity contribution in [3.05, 3.63) is 65.2 Å². The summed E-state index contributed by atoms with van der Waals surface area (Å²) in [5, 5.41) is 18.0. The molecule has 10 heteroatoms. The predicted molar refractivity (Wildman–Crippen MR) is 112 cm³/mol. The van der Waals surface area contributed by atoms with Crippen LogP contribution in [0.4, 0.5) is 0 Å². The molecule has 0 atom stereocenters. The van der Waals surface area contributed by atoms with Gasteiger partial charge in [-0.3, -0.25) is 27.9 Å². The van der Waals surface area contributed by atoms with Crippen LogP contribution < -0.4 is 22.5 Å². The first-order valence-electron chi connectivity index (χ1n) is 10.2. The van der Waals surface area contributed by atoms with Gasteiger partial charge in [0.05, 0.1) is 0 Å². The molecule has 0 radical (unpaired) electrons. The smallest absolute Gasteiger partial charge is 0.331 e. The highest BCUT2D eigenvalue weighted by Gasteiger charge is 2.11. The molecule has 0 bridgehead atoms. The van der Waals surface area contributed by atoms with Gasteiger partial charge in [0.1, 0.15) is 0 Å². The van der Waals surface area contributed by atoms with E-state index in [4.69, 9.17) is 10.2 Å². The molecule has 0 unspecified atom stereocenters. The third kappa shape index (κ3) is 5.45. The van der Waals surface area contributed by atoms with E-state index in [0.717, 1.165) is 9.13 Å². The molecule has 0 aromatic carbocycles. The van der Waals surface area contributed by atoms with Crippen LogP contribution in [-0.4, -0.2) is 41.7 Å². The summed E-state index contributed by atoms with van der Waals surface area (Å²) in [6, 6.07) is 2.78. The molecule has 10 nitrogen and oxygen atoms in total. The lowest BCUT2D eigenvalue weighted by molar-refractivity contribution is 0.276. The quantitative estimate of drug-likeness (QED) is 0.456. The van der Waals surface area contributed by atoms with Gasteiger partial charge >= 0.3 is 11.4 Å². The number of aliphatic hydroxyl groups is 2. The highest BCUT2D eigenvalue weighted by Crippen LogP contribution is 1.98. The molecule has 0 saturated heterocycles. The number of aromatic nitrogens is 4. The Hall–Kier alpha value is -2.72. The lowest BCUT2D eigenvalue weighted by Gasteiger charge is -2.14. The van der Waals surface area contributed by atoms with E-state index in [1.54, 1.807) is 13.8 Å². The Morgan fingerprint density at radius 2 is 0.933 bits per heavy atom. The van der Waals surface area contributed by atoms with Gasteiger partial charge in [-0.2, -0.15) is 0 Å². The maximum absolute atomic E-state index is 12.6. The van der Waals surface area contributed by atoms with Gasteiger partial charge < -0.3 is 10.2 Å². The van der Waals surface area contributed by atoms with Gasteiger partial charge in [0.25, 0.3) is 11.1 Å². The van der Waals surface area contributed by atoms with Gasteiger partial charge in [0.15, 0.2) is 0 Å². The summed E-state index contributed by atoms with van der Waals surface area (Å²) in [4.78, 5) is 49.6. The highest BCUT2D eigenvalue weighted by atomic mass is 16.3. The number of nitrogens with zero attached hydrogens (tertiary/aromatic N) is 4. The molecule has 0 spiro atoms. The van der Waals surface area contributed by atoms with Gasteiger partial charge in [-0.25, -0.2) is 9.59 Å². The van der Waals surface area contributed by atoms with Crippen molar-refractivity contribution in [1.82, 2.24) is 18.3 Å². The van der Waals surface area contributed by atoms with E-state index in [0.29, 0.717) is 50.2 Å². The third-order valence-electron chi connectivity index (χ3n) is 5.07. The van der Waals surface area contributed by atoms with Crippen LogP contribution in [-0.2, 0) is 26.2 Å². The first-order chi connectivity index (χ1) is 14.3. The molecule has 30 heavy (non-hydrogen) atoms. The fourth-order valence-corrected chi connectivity index (χ4v) is 3.40. The first-order valence-corrected chi connectivity index (χ1v) is 10.2. The van der Waals surface area contributed by atoms with Crippen LogP contribution in [0.1, 0.15) is 37.1 Å². The molecular weight excluding hydrogens is 392 g/mol. The van der Waals surface area contributed by atoms with E-state index < -0.39 is 22.5 Å². The third-order valence-corrected chi connectivity index (χ3v) is 5.07. The Bertz CT molecular complexity index is 1000. The lowest BCUT2D eigenvalue weighted by atomic mass is 10.3. The lowest BCUT2D eigenvalue weighted by Crippen LogP contribution is -2.41. The van der Waals surface area contributed by atoms with Gasteiger partial charge in [0, 0.05) is 62.9 Å². The summed E-state index contributed by atoms with van der Waals surface area (Å²) in [7, 11) is 0. The minimum absolute atomic E-state index is 0.0495. The average Bonchev–Trinajstić information content (AvgIpc) is 2.68. The minimum atomic E-state index is -0.424. The van der Waals surface area contributed by atoms with Crippen molar-refractivity contribution in [3.8, 4) is 0 Å². The molecule has 0 aliphatic carbocycles. The predicted octanol–water partition coefficient (Wildman–Crippen LogP) is -0.805. The molecule has 2 aromatic rings. The Morgan fingerprint density at radius 1 is 0.600 bits per heavy atom. The van der Waals surface area contributed by atoms with Crippen molar-refractivity contribution in [2.24, 2.45) is 0 Å². The topological polar surface area (TPSA) is 128 Å². The Kier molecular flexibility index (Phi) is 8.55. The summed E-state index contributed by atoms with van der Waals surface area (Å²) in [5.41, 5.74) is -0.540. The van der Waals surface area contributed by atoms with Gasteiger partial charge in [-0.15, -0.1) is 0 Å². The van der Waals surface area contributed by atoms with E-state index in [1.165, 1.54) is 21.3 Å². The second kappa shape index (κ2) is 10.9. The van der Waals surface area contributed by atoms with Crippen LogP contribution in [0.15, 0.2) is 31.3 Å². The first kappa shape index (κ1) is 23.6. The van der Waals surface area contributed by atoms with Gasteiger partial charge in [-0.05, 0) is 39.5 Å². The van der Waals surface area contributed by atoms with Crippen molar-refractivity contribution in [3.63, 3.8) is 0 Å². The standard InChI is InChI=1S/C20H30N4O6/c1-15-13-17(27)23(19(29)21(15)9-5-11-25)7-3-4-8-24-18(28)14-16(2)22(20(24)30)10-6-12-26/h13-14,25-26H,3-12H2,1-2H3. The van der Waals surface area contributed by atoms with Crippen molar-refractivity contribution in [1.29, 1.82) is 0 Å². The fourth-order valence-electron chi connectivity index (χ4n) is 3.40. The van der Waals surface area contributed by atoms with E-state index >= 15 is 0 Å². The average molecular weight is 422 g/mol. The number of rotatable bonds is 11. The molecule has 2 aromatic heterocycles. The zero-order valence-electron chi connectivity index (χ0n) is 17.5. The summed E-state index contributed by atoms with van der Waals surface area (Å²) in [6.45, 7) is 4.26. The van der Waals surface area contributed by atoms with Crippen LogP contribution in [0.25, 0.3) is 0 Å². The molecule has 0 aliphatic rings. The van der Waals surface area contributed by atoms with Crippen LogP contribution >= 0.6 is 0 Å². The van der Waals surface area contributed by atoms with Crippen molar-refractivity contribution >= 4 is 0 Å². The second-order valence-corrected chi connectivity index (χ2v) is 7.28. The summed E-state index contributed by atoms with van der Waals surface area (Å²) in [6.07, 6.45) is 1.71. The Morgan fingerprint density at radius 3 is 1.27 bits per heavy atom. The van der Waals surface area contributed by atoms with E-state index in [2.05, 4.69) is 0 Å². The number of hydrogen-bond acceptors (Lipinski definition) is 6. The van der Waals surface area contributed by atoms with Crippen molar-refractivity contribution in [2.45, 2.75) is 65.7 Å². The van der Waals surface area contributed by atoms with Crippen molar-refractivity contribution < 1.29 is 10.2 Å². The van der Waals surface area contributed by atoms with Crippen LogP contribution in [0.5, 0.6) is 0 Å². The largest absolute Gasteiger partial charge is 0.396 e. The van der Waals surface area contributed by atoms with Crippen LogP contribution in [0.3, 0.4) is 0 Å². The normalized spacial score (nSPS) is 11.2. The summed E-state index contributed by atoms with van der Waals surface area (Å²) in [5.74, 6) is 0. The Balaban J connectivity index is 2.12. The molecule has 0 saturated carbocycles. The number of aryl methyl sites for hydroxylation is 2. The number of hydrogen-bond donors (Lipinski definition) is 2. The minimum Gasteiger partial charge on any atom is -0.396 e. The summed E-state index contributed by atoms with van der Waals surface area (Å²) >= 11 is 0. The van der Waals surface area contributed by atoms with Crippen LogP contribution in [0, 0.1) is 13.8 Å². The van der Waals surface area contributed by atoms with Crippen molar-refractivity contribution in [2.75, 3.05) is 13.2 Å². The second-order valence-electron chi connectivity index (χ2n) is 7.28. The monoisotopic (exact) mass is 422 g/mol. The molecule has 166 valence electrons. The Labute approximate surface area is 173 Å². The fraction of sp³-hybridized carbons (Fsp3) is 0.600. The molecule has 0 aliphatic heterocycles. The molecule has 2 N–H and O–H groups in total. The van der Waals surface area contributed by atoms with Gasteiger partial charge in [0.2, 0.25) is 0 Å². The van der Waals surface area contributed by atoms with E-state index in [9.17, 15) is 19.2 Å². The maximum Gasteiger partial charge on any atom is 0.331 e. The summed E-state index contributed by atoms with van der Waals surface area (Å²) < 4.78 is 5.20. The zero-order valence-corrected chi connectivity index (χ0v) is 17.5. The van der Waals surface area contributed by atoms with E-state index in [1.807, 2.05) is 0 Å². The molecular formula is C20H30N4O6. The highest BCUT2D eigenvalue weighted by molar-refractivity contribution is 5.01. The molecule has 2 heterocycles. The molecule has 0 fully saturated rings. The van der Waals surface area contributed by atoms with E-state index in [-0.39, 0.29) is 26.3 Å². The zero-order chi connectivity index (χ0) is 22.3. The van der Waals surface area contributed by atoms with Crippen LogP contribution in [0.2, 0.25) is 0 Å². The number of unbranched alkanes of at least 4 members (excludes halogenated alkanes) is 1. The number of aliphatic hydroxyl groups excluding tert-OH is 2. The SMILES string of the molecule is Cc1cc(=O)n(CCCCn2c(=O)cc(C)n(CCCO)c2=O)c(=O)n1CCCO. The molecule has 0 amide bonds. The maximum atomic E-state index is 12.6. The molecule has 2 rings (SSSR count).